The number of alkyl halides is 3. The number of aromatic nitrogens is 2. The van der Waals surface area contributed by atoms with Crippen LogP contribution in [0.4, 0.5) is 19.0 Å². The molecule has 1 aromatic heterocycles. The Hall–Kier alpha value is -1.90. The number of aliphatic carboxylic acids is 1. The normalized spacial score (nSPS) is 10.4. The van der Waals surface area contributed by atoms with E-state index < -0.39 is 12.1 Å². The number of nitrogens with two attached hydrogens (primary N) is 1. The molecule has 0 saturated carbocycles. The second-order valence-electron chi connectivity index (χ2n) is 2.79. The maximum atomic E-state index is 10.6. The average Bonchev–Trinajstić information content (AvgIpc) is 2.15. The SMILES string of the molecule is Cc1nc(N)cc(CO)n1.O=C(O)C(F)(F)F. The van der Waals surface area contributed by atoms with Crippen molar-refractivity contribution in [3.05, 3.63) is 17.6 Å². The number of nitrogen functional groups attached to an aromatic ring is 1. The Morgan fingerprint density at radius 2 is 1.94 bits per heavy atom. The number of halogens is 3. The summed E-state index contributed by atoms with van der Waals surface area (Å²) >= 11 is 0. The van der Waals surface area contributed by atoms with Crippen LogP contribution in [-0.2, 0) is 11.4 Å². The molecule has 0 bridgehead atoms. The maximum Gasteiger partial charge on any atom is 0.490 e. The number of hydrogen-bond donors (Lipinski definition) is 3. The smallest absolute Gasteiger partial charge is 0.475 e. The number of rotatable bonds is 1. The van der Waals surface area contributed by atoms with Crippen LogP contribution in [0, 0.1) is 6.92 Å². The third-order valence-electron chi connectivity index (χ3n) is 1.32. The summed E-state index contributed by atoms with van der Waals surface area (Å²) in [4.78, 5) is 16.6. The summed E-state index contributed by atoms with van der Waals surface area (Å²) in [6.45, 7) is 1.64. The molecule has 4 N–H and O–H groups in total. The number of aryl methyl sites for hydroxylation is 1. The highest BCUT2D eigenvalue weighted by Gasteiger charge is 2.38. The average molecular weight is 253 g/mol. The summed E-state index contributed by atoms with van der Waals surface area (Å²) in [5, 5.41) is 15.8. The van der Waals surface area contributed by atoms with Crippen LogP contribution in [0.1, 0.15) is 11.5 Å². The molecule has 9 heteroatoms. The highest BCUT2D eigenvalue weighted by Crippen LogP contribution is 2.13. The molecule has 0 aromatic carbocycles. The van der Waals surface area contributed by atoms with Crippen molar-refractivity contribution < 1.29 is 28.2 Å². The number of hydrogen-bond acceptors (Lipinski definition) is 5. The first-order valence-corrected chi connectivity index (χ1v) is 4.17. The molecule has 1 rings (SSSR count). The zero-order valence-corrected chi connectivity index (χ0v) is 8.69. The summed E-state index contributed by atoms with van der Waals surface area (Å²) < 4.78 is 31.7. The predicted octanol–water partition coefficient (Wildman–Crippen LogP) is 0.493. The lowest BCUT2D eigenvalue weighted by molar-refractivity contribution is -0.192. The first kappa shape index (κ1) is 15.1. The Labute approximate surface area is 93.9 Å². The van der Waals surface area contributed by atoms with E-state index in [1.807, 2.05) is 0 Å². The maximum absolute atomic E-state index is 10.6. The van der Waals surface area contributed by atoms with E-state index in [0.29, 0.717) is 17.3 Å². The van der Waals surface area contributed by atoms with Crippen molar-refractivity contribution in [3.63, 3.8) is 0 Å². The van der Waals surface area contributed by atoms with Crippen LogP contribution >= 0.6 is 0 Å². The number of nitrogens with zero attached hydrogens (tertiary/aromatic N) is 2. The van der Waals surface area contributed by atoms with Gasteiger partial charge in [-0.3, -0.25) is 0 Å². The molecule has 0 aliphatic heterocycles. The van der Waals surface area contributed by atoms with E-state index in [9.17, 15) is 13.2 Å². The van der Waals surface area contributed by atoms with Gasteiger partial charge in [0.05, 0.1) is 12.3 Å². The number of aliphatic hydroxyl groups excluding tert-OH is 1. The highest BCUT2D eigenvalue weighted by atomic mass is 19.4. The monoisotopic (exact) mass is 253 g/mol. The van der Waals surface area contributed by atoms with E-state index in [2.05, 4.69) is 9.97 Å². The molecular formula is C8H10F3N3O3. The van der Waals surface area contributed by atoms with E-state index >= 15 is 0 Å². The predicted molar refractivity (Wildman–Crippen MR) is 50.8 cm³/mol. The first-order chi connectivity index (χ1) is 7.66. The molecule has 1 heterocycles. The zero-order valence-electron chi connectivity index (χ0n) is 8.69. The number of anilines is 1. The van der Waals surface area contributed by atoms with Gasteiger partial charge < -0.3 is 15.9 Å². The summed E-state index contributed by atoms with van der Waals surface area (Å²) in [6.07, 6.45) is -5.08. The lowest BCUT2D eigenvalue weighted by Crippen LogP contribution is -2.21. The van der Waals surface area contributed by atoms with E-state index in [0.717, 1.165) is 0 Å². The molecule has 17 heavy (non-hydrogen) atoms. The molecule has 96 valence electrons. The zero-order chi connectivity index (χ0) is 13.6. The fraction of sp³-hybridized carbons (Fsp3) is 0.375. The van der Waals surface area contributed by atoms with Gasteiger partial charge >= 0.3 is 12.1 Å². The molecule has 0 aliphatic carbocycles. The van der Waals surface area contributed by atoms with Crippen LogP contribution in [0.25, 0.3) is 0 Å². The molecule has 0 amide bonds. The van der Waals surface area contributed by atoms with Crippen molar-refractivity contribution >= 4 is 11.8 Å². The molecule has 0 saturated heterocycles. The van der Waals surface area contributed by atoms with Gasteiger partial charge in [-0.25, -0.2) is 14.8 Å². The van der Waals surface area contributed by atoms with Crippen molar-refractivity contribution in [1.29, 1.82) is 0 Å². The molecule has 0 aliphatic rings. The highest BCUT2D eigenvalue weighted by molar-refractivity contribution is 5.73. The Morgan fingerprint density at radius 3 is 2.24 bits per heavy atom. The van der Waals surface area contributed by atoms with Gasteiger partial charge in [0.2, 0.25) is 0 Å². The Balaban J connectivity index is 0.000000325. The van der Waals surface area contributed by atoms with Gasteiger partial charge in [0.1, 0.15) is 11.6 Å². The van der Waals surface area contributed by atoms with E-state index in [-0.39, 0.29) is 6.61 Å². The largest absolute Gasteiger partial charge is 0.490 e. The molecule has 1 aromatic rings. The third kappa shape index (κ3) is 6.30. The quantitative estimate of drug-likeness (QED) is 0.672. The Morgan fingerprint density at radius 1 is 1.47 bits per heavy atom. The minimum Gasteiger partial charge on any atom is -0.475 e. The molecule has 0 fully saturated rings. The second kappa shape index (κ2) is 5.99. The van der Waals surface area contributed by atoms with Gasteiger partial charge in [0.15, 0.2) is 0 Å². The van der Waals surface area contributed by atoms with Gasteiger partial charge in [-0.15, -0.1) is 0 Å². The van der Waals surface area contributed by atoms with Gasteiger partial charge in [0.25, 0.3) is 0 Å². The van der Waals surface area contributed by atoms with Gasteiger partial charge in [-0.05, 0) is 6.92 Å². The van der Waals surface area contributed by atoms with Gasteiger partial charge in [-0.1, -0.05) is 0 Å². The van der Waals surface area contributed by atoms with Crippen molar-refractivity contribution in [1.82, 2.24) is 9.97 Å². The van der Waals surface area contributed by atoms with Crippen molar-refractivity contribution in [2.45, 2.75) is 19.7 Å². The molecule has 0 unspecified atom stereocenters. The van der Waals surface area contributed by atoms with Gasteiger partial charge in [0, 0.05) is 6.07 Å². The standard InChI is InChI=1S/C6H9N3O.C2HF3O2/c1-4-8-5(3-10)2-6(7)9-4;3-2(4,5)1(6)7/h2,10H,3H2,1H3,(H2,7,8,9);(H,6,7). The molecule has 0 radical (unpaired) electrons. The van der Waals surface area contributed by atoms with E-state index in [1.165, 1.54) is 0 Å². The summed E-state index contributed by atoms with van der Waals surface area (Å²) in [6, 6.07) is 1.55. The molecule has 0 spiro atoms. The molecule has 6 nitrogen and oxygen atoms in total. The Bertz CT molecular complexity index is 375. The van der Waals surface area contributed by atoms with Crippen molar-refractivity contribution in [3.8, 4) is 0 Å². The van der Waals surface area contributed by atoms with Crippen molar-refractivity contribution in [2.24, 2.45) is 0 Å². The lowest BCUT2D eigenvalue weighted by atomic mass is 10.4. The summed E-state index contributed by atoms with van der Waals surface area (Å²) in [7, 11) is 0. The van der Waals surface area contributed by atoms with Crippen LogP contribution < -0.4 is 5.73 Å². The van der Waals surface area contributed by atoms with Gasteiger partial charge in [-0.2, -0.15) is 13.2 Å². The summed E-state index contributed by atoms with van der Waals surface area (Å²) in [5.74, 6) is -1.77. The van der Waals surface area contributed by atoms with Crippen LogP contribution in [0.3, 0.4) is 0 Å². The fourth-order valence-electron chi connectivity index (χ4n) is 0.736. The second-order valence-corrected chi connectivity index (χ2v) is 2.79. The van der Waals surface area contributed by atoms with Crippen molar-refractivity contribution in [2.75, 3.05) is 5.73 Å². The fourth-order valence-corrected chi connectivity index (χ4v) is 0.736. The minimum atomic E-state index is -5.08. The number of carboxylic acid groups (broad SMARTS) is 1. The topological polar surface area (TPSA) is 109 Å². The lowest BCUT2D eigenvalue weighted by Gasteiger charge is -1.97. The number of aliphatic hydroxyl groups is 1. The molecule has 0 atom stereocenters. The Kier molecular flexibility index (Phi) is 5.32. The third-order valence-corrected chi connectivity index (χ3v) is 1.32. The number of carbonyl (C=O) groups is 1. The number of carboxylic acids is 1. The summed E-state index contributed by atoms with van der Waals surface area (Å²) in [5.41, 5.74) is 5.93. The van der Waals surface area contributed by atoms with Crippen LogP contribution in [-0.4, -0.2) is 32.3 Å². The van der Waals surface area contributed by atoms with Crippen LogP contribution in [0.5, 0.6) is 0 Å². The van der Waals surface area contributed by atoms with Crippen LogP contribution in [0.15, 0.2) is 6.07 Å². The minimum absolute atomic E-state index is 0.0897. The van der Waals surface area contributed by atoms with E-state index in [1.54, 1.807) is 13.0 Å². The van der Waals surface area contributed by atoms with Crippen LogP contribution in [0.2, 0.25) is 0 Å². The van der Waals surface area contributed by atoms with E-state index in [4.69, 9.17) is 20.7 Å². The molecular weight excluding hydrogens is 243 g/mol. The first-order valence-electron chi connectivity index (χ1n) is 4.17.